The fraction of sp³-hybridized carbons (Fsp3) is 0.0882. The molecule has 3 aromatic heterocycles. The summed E-state index contributed by atoms with van der Waals surface area (Å²) in [4.78, 5) is 19.1. The summed E-state index contributed by atoms with van der Waals surface area (Å²) < 4.78 is 8.71. The zero-order valence-corrected chi connectivity index (χ0v) is 24.0. The highest BCUT2D eigenvalue weighted by Crippen LogP contribution is 2.52. The first-order valence-corrected chi connectivity index (χ1v) is 15.4. The molecule has 0 fully saturated rings. The summed E-state index contributed by atoms with van der Waals surface area (Å²) in [5.74, 6) is 0.615. The van der Waals surface area contributed by atoms with Crippen LogP contribution < -0.4 is 0 Å². The van der Waals surface area contributed by atoms with Crippen molar-refractivity contribution in [1.29, 1.82) is 0 Å². The number of rotatable bonds is 3. The number of aromatic nitrogens is 2. The summed E-state index contributed by atoms with van der Waals surface area (Å²) in [7, 11) is 0. The number of hydrogen-bond donors (Lipinski definition) is 0. The van der Waals surface area contributed by atoms with Crippen LogP contribution in [0.15, 0.2) is 118 Å². The van der Waals surface area contributed by atoms with Crippen LogP contribution in [0.3, 0.4) is 0 Å². The third-order valence-electron chi connectivity index (χ3n) is 7.75. The van der Waals surface area contributed by atoms with E-state index in [1.165, 1.54) is 22.3 Å². The molecule has 0 bridgehead atoms. The lowest BCUT2D eigenvalue weighted by atomic mass is 9.82. The Morgan fingerprint density at radius 1 is 0.700 bits per heavy atom. The van der Waals surface area contributed by atoms with E-state index in [0.717, 1.165) is 46.2 Å². The van der Waals surface area contributed by atoms with Crippen LogP contribution in [0.25, 0.3) is 33.1 Å². The third-order valence-corrected chi connectivity index (χ3v) is 10.4. The second-order valence-corrected chi connectivity index (χ2v) is 13.1. The summed E-state index contributed by atoms with van der Waals surface area (Å²) >= 11 is -0.680. The van der Waals surface area contributed by atoms with E-state index in [0.29, 0.717) is 5.84 Å². The van der Waals surface area contributed by atoms with Crippen molar-refractivity contribution >= 4 is 55.9 Å². The second-order valence-electron chi connectivity index (χ2n) is 10.5. The van der Waals surface area contributed by atoms with Gasteiger partial charge < -0.3 is 4.42 Å². The molecule has 0 amide bonds. The average molecular weight is 630 g/mol. The smallest absolute Gasteiger partial charge is 0.180 e. The molecule has 4 heterocycles. The van der Waals surface area contributed by atoms with Crippen molar-refractivity contribution in [3.63, 3.8) is 0 Å². The highest BCUT2D eigenvalue weighted by atomic mass is 127. The van der Waals surface area contributed by atoms with E-state index in [4.69, 9.17) is 14.4 Å². The molecule has 0 unspecified atom stereocenters. The largest absolute Gasteiger partial charge is 0.456 e. The first-order chi connectivity index (χ1) is 19.6. The van der Waals surface area contributed by atoms with Crippen LogP contribution in [0.5, 0.6) is 0 Å². The molecule has 2 aliphatic rings. The lowest BCUT2D eigenvalue weighted by molar-refractivity contribution is 0.620. The Balaban J connectivity index is 1.30. The molecule has 5 nitrogen and oxygen atoms in total. The normalized spacial score (nSPS) is 15.6. The third kappa shape index (κ3) is 3.55. The Morgan fingerprint density at radius 2 is 1.45 bits per heavy atom. The van der Waals surface area contributed by atoms with Crippen LogP contribution in [0.4, 0.5) is 0 Å². The maximum Gasteiger partial charge on any atom is 0.180 e. The van der Waals surface area contributed by atoms with Crippen LogP contribution in [-0.2, 0) is 5.41 Å². The number of furan rings is 1. The second kappa shape index (κ2) is 8.86. The van der Waals surface area contributed by atoms with Gasteiger partial charge in [0.15, 0.2) is 5.84 Å². The van der Waals surface area contributed by atoms with E-state index >= 15 is 0 Å². The van der Waals surface area contributed by atoms with Gasteiger partial charge in [0.1, 0.15) is 24.2 Å². The Kier molecular flexibility index (Phi) is 5.22. The van der Waals surface area contributed by atoms with Crippen molar-refractivity contribution < 1.29 is 4.42 Å². The highest BCUT2D eigenvalue weighted by molar-refractivity contribution is 14.2. The van der Waals surface area contributed by atoms with E-state index in [1.54, 1.807) is 6.20 Å². The molecule has 40 heavy (non-hydrogen) atoms. The minimum absolute atomic E-state index is 0.137. The number of benzene rings is 3. The lowest BCUT2D eigenvalue weighted by Gasteiger charge is -2.21. The maximum absolute atomic E-state index is 6.71. The first-order valence-electron chi connectivity index (χ1n) is 13.2. The number of hydrogen-bond acceptors (Lipinski definition) is 5. The van der Waals surface area contributed by atoms with Gasteiger partial charge in [0.2, 0.25) is 0 Å². The van der Waals surface area contributed by atoms with Gasteiger partial charge in [-0.05, 0) is 79.9 Å². The topological polar surface area (TPSA) is 63.6 Å². The highest BCUT2D eigenvalue weighted by Gasteiger charge is 2.38. The van der Waals surface area contributed by atoms with Crippen LogP contribution in [-0.4, -0.2) is 23.2 Å². The van der Waals surface area contributed by atoms with Crippen molar-refractivity contribution in [2.75, 3.05) is 0 Å². The monoisotopic (exact) mass is 630 g/mol. The number of aliphatic imine (C=N–C) groups is 2. The van der Waals surface area contributed by atoms with Gasteiger partial charge in [-0.1, -0.05) is 62.4 Å². The van der Waals surface area contributed by atoms with Crippen LogP contribution >= 0.6 is 20.7 Å². The zero-order valence-electron chi connectivity index (χ0n) is 21.9. The molecule has 1 aliphatic heterocycles. The van der Waals surface area contributed by atoms with E-state index in [9.17, 15) is 0 Å². The predicted octanol–water partition coefficient (Wildman–Crippen LogP) is 8.04. The summed E-state index contributed by atoms with van der Waals surface area (Å²) in [6.07, 6.45) is 3.59. The molecule has 6 heteroatoms. The maximum atomic E-state index is 6.71. The molecule has 6 aromatic rings. The standard InChI is InChI=1S/C34H23IN4O/c1-34(2)25-10-4-3-9-21(25)23-15-16-24-22-14-13-20(19-28(22)40-30(24)29(23)34)31-35-32(26-11-5-7-17-36-26)39-33(38-31)27-12-6-8-18-37-27/h3-19H,1-2H3. The Hall–Kier alpha value is -4.30. The van der Waals surface area contributed by atoms with Gasteiger partial charge in [0, 0.05) is 39.7 Å². The van der Waals surface area contributed by atoms with Crippen LogP contribution in [0, 0.1) is 0 Å². The van der Waals surface area contributed by atoms with E-state index in [2.05, 4.69) is 78.4 Å². The zero-order chi connectivity index (χ0) is 26.8. The molecule has 0 spiro atoms. The van der Waals surface area contributed by atoms with Gasteiger partial charge >= 0.3 is 0 Å². The van der Waals surface area contributed by atoms with Crippen LogP contribution in [0.2, 0.25) is 0 Å². The molecular weight excluding hydrogens is 607 g/mol. The van der Waals surface area contributed by atoms with E-state index < -0.39 is 20.7 Å². The summed E-state index contributed by atoms with van der Waals surface area (Å²) in [5.41, 5.74) is 9.57. The molecule has 0 atom stereocenters. The minimum atomic E-state index is -0.680. The molecule has 1 aliphatic carbocycles. The molecule has 0 saturated carbocycles. The van der Waals surface area contributed by atoms with E-state index in [-0.39, 0.29) is 5.41 Å². The SMILES string of the molecule is CC1(C)c2ccccc2-c2ccc3c(oc4cc(C5=IC(c6ccccn6)=NC(c6ccccn6)=N5)ccc43)c21. The van der Waals surface area contributed by atoms with Crippen molar-refractivity contribution in [1.82, 2.24) is 9.97 Å². The number of nitrogens with zero attached hydrogens (tertiary/aromatic N) is 4. The number of halogens is 1. The van der Waals surface area contributed by atoms with Crippen molar-refractivity contribution in [2.24, 2.45) is 9.98 Å². The number of pyridine rings is 2. The molecule has 0 N–H and O–H groups in total. The molecular formula is C34H23IN4O. The minimum Gasteiger partial charge on any atom is -0.456 e. The quantitative estimate of drug-likeness (QED) is 0.186. The van der Waals surface area contributed by atoms with Crippen LogP contribution in [0.1, 0.15) is 41.9 Å². The molecule has 0 saturated heterocycles. The van der Waals surface area contributed by atoms with Gasteiger partial charge in [-0.15, -0.1) is 0 Å². The molecule has 8 rings (SSSR count). The Labute approximate surface area is 241 Å². The van der Waals surface area contributed by atoms with Crippen molar-refractivity contribution in [2.45, 2.75) is 19.3 Å². The summed E-state index contributed by atoms with van der Waals surface area (Å²) in [6.45, 7) is 4.59. The first kappa shape index (κ1) is 23.6. The summed E-state index contributed by atoms with van der Waals surface area (Å²) in [6, 6.07) is 31.4. The molecule has 3 aromatic carbocycles. The number of fused-ring (bicyclic) bond motifs is 7. The number of amidine groups is 1. The fourth-order valence-electron chi connectivity index (χ4n) is 5.87. The van der Waals surface area contributed by atoms with Gasteiger partial charge in [0.05, 0.1) is 5.69 Å². The van der Waals surface area contributed by atoms with Gasteiger partial charge in [0.25, 0.3) is 0 Å². The molecule has 192 valence electrons. The van der Waals surface area contributed by atoms with Crippen molar-refractivity contribution in [3.05, 3.63) is 131 Å². The Morgan fingerprint density at radius 3 is 2.25 bits per heavy atom. The molecule has 0 radical (unpaired) electrons. The van der Waals surface area contributed by atoms with E-state index in [1.807, 2.05) is 42.6 Å². The average Bonchev–Trinajstić information content (AvgIpc) is 3.49. The lowest BCUT2D eigenvalue weighted by Crippen LogP contribution is -2.15. The van der Waals surface area contributed by atoms with Gasteiger partial charge in [-0.2, -0.15) is 0 Å². The summed E-state index contributed by atoms with van der Waals surface area (Å²) in [5, 5.41) is 2.27. The van der Waals surface area contributed by atoms with Gasteiger partial charge in [-0.25, -0.2) is 9.98 Å². The Bertz CT molecular complexity index is 2030. The van der Waals surface area contributed by atoms with Crippen molar-refractivity contribution in [3.8, 4) is 11.1 Å². The fourth-order valence-corrected chi connectivity index (χ4v) is 8.29. The predicted molar refractivity (Wildman–Crippen MR) is 171 cm³/mol. The van der Waals surface area contributed by atoms with Gasteiger partial charge in [-0.3, -0.25) is 9.97 Å².